The quantitative estimate of drug-likeness (QED) is 0.289. The van der Waals surface area contributed by atoms with Gasteiger partial charge >= 0.3 is 13.1 Å². The molecule has 1 aliphatic heterocycles. The molecule has 1 aromatic heterocycles. The Kier molecular flexibility index (Phi) is 5.71. The van der Waals surface area contributed by atoms with Gasteiger partial charge in [-0.15, -0.1) is 0 Å². The Labute approximate surface area is 213 Å². The molecule has 2 heterocycles. The number of methoxy groups -OCH3 is 1. The fourth-order valence-electron chi connectivity index (χ4n) is 6.27. The molecule has 6 rings (SSSR count). The number of allylic oxidation sites excluding steroid dienone is 1. The van der Waals surface area contributed by atoms with Crippen molar-refractivity contribution >= 4 is 41.1 Å². The molecule has 0 unspecified atom stereocenters. The van der Waals surface area contributed by atoms with Gasteiger partial charge < -0.3 is 14.0 Å². The van der Waals surface area contributed by atoms with Crippen LogP contribution in [0.4, 0.5) is 0 Å². The van der Waals surface area contributed by atoms with Crippen molar-refractivity contribution in [3.8, 4) is 0 Å². The Morgan fingerprint density at radius 1 is 1.06 bits per heavy atom. The van der Waals surface area contributed by atoms with Gasteiger partial charge in [0.1, 0.15) is 0 Å². The molecule has 0 atom stereocenters. The van der Waals surface area contributed by atoms with Gasteiger partial charge in [0.05, 0.1) is 34.4 Å². The molecule has 4 fully saturated rings. The second kappa shape index (κ2) is 8.06. The number of pyridine rings is 1. The summed E-state index contributed by atoms with van der Waals surface area (Å²) in [6.45, 7) is 14.4. The monoisotopic (exact) mass is 495 g/mol. The van der Waals surface area contributed by atoms with Gasteiger partial charge in [0.25, 0.3) is 0 Å². The molecule has 5 nitrogen and oxygen atoms in total. The normalized spacial score (nSPS) is 28.9. The summed E-state index contributed by atoms with van der Waals surface area (Å²) in [7, 11) is 0.649. The Balaban J connectivity index is 1.60. The van der Waals surface area contributed by atoms with Crippen molar-refractivity contribution in [1.29, 1.82) is 0 Å². The number of nitrogens with zero attached hydrogens (tertiary/aromatic N) is 1. The van der Waals surface area contributed by atoms with Gasteiger partial charge in [0.2, 0.25) is 0 Å². The van der Waals surface area contributed by atoms with E-state index in [1.165, 1.54) is 12.7 Å². The Bertz CT molecular complexity index is 1200. The van der Waals surface area contributed by atoms with Crippen molar-refractivity contribution in [3.05, 3.63) is 46.6 Å². The first-order valence-electron chi connectivity index (χ1n) is 12.6. The maximum absolute atomic E-state index is 13.0. The minimum absolute atomic E-state index is 0.0601. The first-order chi connectivity index (χ1) is 16.3. The second-order valence-electron chi connectivity index (χ2n) is 11.8. The van der Waals surface area contributed by atoms with E-state index in [0.717, 1.165) is 44.2 Å². The topological polar surface area (TPSA) is 57.7 Å². The van der Waals surface area contributed by atoms with Gasteiger partial charge in [-0.25, -0.2) is 4.79 Å². The van der Waals surface area contributed by atoms with E-state index in [2.05, 4.69) is 19.6 Å². The van der Waals surface area contributed by atoms with Gasteiger partial charge in [-0.05, 0) is 96.2 Å². The van der Waals surface area contributed by atoms with Crippen LogP contribution in [0.25, 0.3) is 10.9 Å². The third-order valence-corrected chi connectivity index (χ3v) is 9.84. The molecule has 7 heteroatoms. The number of halogens is 1. The lowest BCUT2D eigenvalue weighted by atomic mass is 9.51. The van der Waals surface area contributed by atoms with Crippen LogP contribution in [0.1, 0.15) is 89.2 Å². The number of hydrogen-bond donors (Lipinski definition) is 0. The zero-order valence-electron chi connectivity index (χ0n) is 21.7. The summed E-state index contributed by atoms with van der Waals surface area (Å²) in [5, 5.41) is 1.15. The molecule has 3 saturated carbocycles. The number of aromatic nitrogens is 1. The predicted molar refractivity (Wildman–Crippen MR) is 140 cm³/mol. The maximum atomic E-state index is 13.0. The fraction of sp³-hybridized carbons (Fsp3) is 0.571. The number of fused-ring (bicyclic) bond motifs is 4. The van der Waals surface area contributed by atoms with E-state index in [4.69, 9.17) is 30.6 Å². The Hall–Kier alpha value is -1.89. The van der Waals surface area contributed by atoms with Gasteiger partial charge in [0.15, 0.2) is 0 Å². The smallest absolute Gasteiger partial charge is 0.465 e. The third-order valence-electron chi connectivity index (χ3n) is 9.55. The van der Waals surface area contributed by atoms with Crippen LogP contribution >= 0.6 is 11.6 Å². The molecule has 4 aliphatic rings. The summed E-state index contributed by atoms with van der Waals surface area (Å²) < 4.78 is 17.7. The van der Waals surface area contributed by atoms with Crippen LogP contribution in [0.2, 0.25) is 5.02 Å². The van der Waals surface area contributed by atoms with Crippen molar-refractivity contribution in [2.75, 3.05) is 7.11 Å². The zero-order chi connectivity index (χ0) is 25.4. The minimum atomic E-state index is -0.735. The van der Waals surface area contributed by atoms with Crippen LogP contribution in [0.5, 0.6) is 0 Å². The van der Waals surface area contributed by atoms with Crippen molar-refractivity contribution in [2.45, 2.75) is 89.8 Å². The molecule has 3 aliphatic carbocycles. The number of carbonyl (C=O) groups excluding carboxylic acids is 1. The molecule has 0 amide bonds. The highest BCUT2D eigenvalue weighted by molar-refractivity contribution is 6.64. The van der Waals surface area contributed by atoms with E-state index < -0.39 is 24.3 Å². The molecule has 186 valence electrons. The van der Waals surface area contributed by atoms with E-state index in [-0.39, 0.29) is 5.41 Å². The van der Waals surface area contributed by atoms with E-state index in [9.17, 15) is 4.79 Å². The second-order valence-corrected chi connectivity index (χ2v) is 12.2. The summed E-state index contributed by atoms with van der Waals surface area (Å²) in [4.78, 5) is 18.1. The van der Waals surface area contributed by atoms with Crippen molar-refractivity contribution in [2.24, 2.45) is 5.41 Å². The minimum Gasteiger partial charge on any atom is -0.465 e. The number of rotatable bonds is 4. The average Bonchev–Trinajstić information content (AvgIpc) is 3.06. The summed E-state index contributed by atoms with van der Waals surface area (Å²) in [6.07, 6.45) is 6.78. The third kappa shape index (κ3) is 3.67. The van der Waals surface area contributed by atoms with Gasteiger partial charge in [-0.3, -0.25) is 4.98 Å². The molecule has 0 N–H and O–H groups in total. The van der Waals surface area contributed by atoms with Crippen LogP contribution in [-0.4, -0.2) is 36.4 Å². The van der Waals surface area contributed by atoms with Gasteiger partial charge in [0, 0.05) is 16.5 Å². The average molecular weight is 496 g/mol. The standard InChI is InChI=1S/C28H35BClNO4/c1-17(2)27-10-13-28(14-11-27,15-12-27)21-9-8-18-22(24(32)33-7)19(16-20(30)23(18)31-21)29-34-25(3,4)26(5,6)35-29/h8-9,16H,1,10-15H2,2-7H3. The van der Waals surface area contributed by atoms with E-state index in [1.807, 2.05) is 33.8 Å². The highest BCUT2D eigenvalue weighted by Gasteiger charge is 2.53. The molecule has 0 radical (unpaired) electrons. The highest BCUT2D eigenvalue weighted by atomic mass is 35.5. The Morgan fingerprint density at radius 3 is 2.14 bits per heavy atom. The molecular weight excluding hydrogens is 461 g/mol. The lowest BCUT2D eigenvalue weighted by Gasteiger charge is -2.53. The van der Waals surface area contributed by atoms with Crippen molar-refractivity contribution < 1.29 is 18.8 Å². The lowest BCUT2D eigenvalue weighted by molar-refractivity contribution is 0.00578. The van der Waals surface area contributed by atoms with E-state index in [1.54, 1.807) is 6.07 Å². The van der Waals surface area contributed by atoms with Crippen LogP contribution in [-0.2, 0) is 19.5 Å². The highest BCUT2D eigenvalue weighted by Crippen LogP contribution is 2.60. The number of esters is 1. The van der Waals surface area contributed by atoms with Crippen LogP contribution < -0.4 is 5.46 Å². The molecule has 1 aromatic carbocycles. The number of benzene rings is 1. The molecule has 2 aromatic rings. The first-order valence-corrected chi connectivity index (χ1v) is 13.0. The van der Waals surface area contributed by atoms with Gasteiger partial charge in [-0.2, -0.15) is 0 Å². The molecule has 2 bridgehead atoms. The van der Waals surface area contributed by atoms with E-state index >= 15 is 0 Å². The lowest BCUT2D eigenvalue weighted by Crippen LogP contribution is -2.45. The number of carbonyl (C=O) groups is 1. The summed E-state index contributed by atoms with van der Waals surface area (Å²) in [5.41, 5.74) is 3.25. The Morgan fingerprint density at radius 2 is 1.63 bits per heavy atom. The first kappa shape index (κ1) is 24.8. The predicted octanol–water partition coefficient (Wildman–Crippen LogP) is 6.14. The molecule has 1 saturated heterocycles. The number of ether oxygens (including phenoxy) is 1. The summed E-state index contributed by atoms with van der Waals surface area (Å²) >= 11 is 6.84. The van der Waals surface area contributed by atoms with Crippen LogP contribution in [0, 0.1) is 5.41 Å². The van der Waals surface area contributed by atoms with Crippen molar-refractivity contribution in [1.82, 2.24) is 4.98 Å². The summed E-state index contributed by atoms with van der Waals surface area (Å²) in [5.74, 6) is -0.453. The maximum Gasteiger partial charge on any atom is 0.495 e. The summed E-state index contributed by atoms with van der Waals surface area (Å²) in [6, 6.07) is 5.83. The molecular formula is C28H35BClNO4. The zero-order valence-corrected chi connectivity index (χ0v) is 22.5. The molecule has 0 spiro atoms. The fourth-order valence-corrected chi connectivity index (χ4v) is 6.53. The van der Waals surface area contributed by atoms with Gasteiger partial charge in [-0.1, -0.05) is 29.8 Å². The van der Waals surface area contributed by atoms with E-state index in [0.29, 0.717) is 32.4 Å². The van der Waals surface area contributed by atoms with Crippen LogP contribution in [0.3, 0.4) is 0 Å². The van der Waals surface area contributed by atoms with Crippen LogP contribution in [0.15, 0.2) is 30.4 Å². The van der Waals surface area contributed by atoms with Crippen molar-refractivity contribution in [3.63, 3.8) is 0 Å². The molecule has 35 heavy (non-hydrogen) atoms. The number of hydrogen-bond acceptors (Lipinski definition) is 5. The largest absolute Gasteiger partial charge is 0.495 e. The SMILES string of the molecule is C=C(C)C12CCC(c3ccc4c(C(=O)OC)c(B5OC(C)(C)C(C)(C)O5)cc(Cl)c4n3)(CC1)CC2.